The summed E-state index contributed by atoms with van der Waals surface area (Å²) in [4.78, 5) is 34.2. The maximum atomic E-state index is 13.2. The van der Waals surface area contributed by atoms with Crippen molar-refractivity contribution in [2.45, 2.75) is 0 Å². The largest absolute Gasteiger partial charge is 0.508 e. The van der Waals surface area contributed by atoms with Crippen molar-refractivity contribution in [1.82, 2.24) is 15.0 Å². The lowest BCUT2D eigenvalue weighted by molar-refractivity contribution is -0.384. The zero-order valence-corrected chi connectivity index (χ0v) is 14.3. The minimum atomic E-state index is -0.496. The number of nitro groups is 1. The normalized spacial score (nSPS) is 11.4. The molecule has 0 aliphatic heterocycles. The Bertz CT molecular complexity index is 1430. The summed E-state index contributed by atoms with van der Waals surface area (Å²) in [5, 5.41) is 22.9. The molecule has 0 amide bonds. The lowest BCUT2D eigenvalue weighted by atomic mass is 10.0. The van der Waals surface area contributed by atoms with Gasteiger partial charge in [0.1, 0.15) is 11.4 Å². The number of hydrogen-bond acceptors (Lipinski definition) is 5. The summed E-state index contributed by atoms with van der Waals surface area (Å²) in [5.74, 6) is -0.227. The number of aromatic amines is 2. The molecule has 0 bridgehead atoms. The molecule has 3 N–H and O–H groups in total. The van der Waals surface area contributed by atoms with Crippen molar-refractivity contribution in [1.29, 1.82) is 0 Å². The minimum absolute atomic E-state index is 0.0894. The number of ketones is 1. The second kappa shape index (κ2) is 5.65. The van der Waals surface area contributed by atoms with Crippen molar-refractivity contribution in [3.8, 4) is 5.75 Å². The van der Waals surface area contributed by atoms with E-state index in [4.69, 9.17) is 0 Å². The van der Waals surface area contributed by atoms with Crippen molar-refractivity contribution in [3.05, 3.63) is 76.2 Å². The first kappa shape index (κ1) is 16.0. The summed E-state index contributed by atoms with van der Waals surface area (Å²) in [6.07, 6.45) is 3.07. The molecule has 5 rings (SSSR count). The van der Waals surface area contributed by atoms with Gasteiger partial charge < -0.3 is 15.1 Å². The maximum absolute atomic E-state index is 13.2. The van der Waals surface area contributed by atoms with Gasteiger partial charge in [-0.2, -0.15) is 0 Å². The van der Waals surface area contributed by atoms with Crippen LogP contribution in [0.25, 0.3) is 32.7 Å². The van der Waals surface area contributed by atoms with Gasteiger partial charge >= 0.3 is 0 Å². The van der Waals surface area contributed by atoms with Crippen LogP contribution in [0.2, 0.25) is 0 Å². The summed E-state index contributed by atoms with van der Waals surface area (Å²) in [6.45, 7) is 0. The Morgan fingerprint density at radius 3 is 2.68 bits per heavy atom. The van der Waals surface area contributed by atoms with E-state index in [1.807, 2.05) is 0 Å². The predicted molar refractivity (Wildman–Crippen MR) is 104 cm³/mol. The van der Waals surface area contributed by atoms with Gasteiger partial charge in [-0.25, -0.2) is 0 Å². The van der Waals surface area contributed by atoms with Crippen LogP contribution in [0.1, 0.15) is 16.1 Å². The van der Waals surface area contributed by atoms with Gasteiger partial charge in [-0.3, -0.25) is 19.9 Å². The third kappa shape index (κ3) is 2.25. The molecule has 0 saturated carbocycles. The third-order valence-electron chi connectivity index (χ3n) is 4.84. The highest BCUT2D eigenvalue weighted by atomic mass is 16.6. The first-order valence-electron chi connectivity index (χ1n) is 8.42. The molecule has 0 unspecified atom stereocenters. The van der Waals surface area contributed by atoms with Crippen molar-refractivity contribution in [2.75, 3.05) is 0 Å². The van der Waals surface area contributed by atoms with Crippen LogP contribution in [-0.4, -0.2) is 30.8 Å². The number of nitro benzene ring substituents is 1. The molecule has 0 spiro atoms. The number of nitrogens with one attached hydrogen (secondary N) is 2. The van der Waals surface area contributed by atoms with Gasteiger partial charge in [0, 0.05) is 57.3 Å². The second-order valence-corrected chi connectivity index (χ2v) is 6.46. The molecule has 0 fully saturated rings. The number of phenols is 1. The van der Waals surface area contributed by atoms with E-state index in [9.17, 15) is 20.0 Å². The van der Waals surface area contributed by atoms with Crippen molar-refractivity contribution in [3.63, 3.8) is 0 Å². The highest BCUT2D eigenvalue weighted by Gasteiger charge is 2.21. The smallest absolute Gasteiger partial charge is 0.270 e. The Balaban J connectivity index is 1.73. The van der Waals surface area contributed by atoms with Crippen molar-refractivity contribution >= 4 is 44.2 Å². The molecule has 0 aliphatic carbocycles. The number of benzene rings is 2. The molecule has 8 heteroatoms. The molecule has 0 atom stereocenters. The number of nitrogens with zero attached hydrogens (tertiary/aromatic N) is 2. The number of carbonyl (C=O) groups excluding carboxylic acids is 1. The minimum Gasteiger partial charge on any atom is -0.508 e. The number of hydrogen-bond donors (Lipinski definition) is 3. The zero-order chi connectivity index (χ0) is 19.4. The van der Waals surface area contributed by atoms with Gasteiger partial charge in [-0.1, -0.05) is 0 Å². The fraction of sp³-hybridized carbons (Fsp3) is 0. The third-order valence-corrected chi connectivity index (χ3v) is 4.84. The molecule has 3 heterocycles. The number of aromatic hydroxyl groups is 1. The van der Waals surface area contributed by atoms with Crippen LogP contribution in [0.3, 0.4) is 0 Å². The molecule has 0 saturated heterocycles. The van der Waals surface area contributed by atoms with Crippen LogP contribution in [-0.2, 0) is 0 Å². The summed E-state index contributed by atoms with van der Waals surface area (Å²) >= 11 is 0. The number of non-ortho nitro benzene ring substituents is 1. The second-order valence-electron chi connectivity index (χ2n) is 6.46. The van der Waals surface area contributed by atoms with E-state index in [1.165, 1.54) is 24.5 Å². The number of H-pyrrole nitrogens is 2. The predicted octanol–water partition coefficient (Wildman–Crippen LogP) is 4.04. The Kier molecular flexibility index (Phi) is 3.23. The van der Waals surface area contributed by atoms with E-state index in [0.717, 1.165) is 16.3 Å². The van der Waals surface area contributed by atoms with Gasteiger partial charge in [-0.05, 0) is 30.3 Å². The highest BCUT2D eigenvalue weighted by molar-refractivity contribution is 6.22. The molecule has 0 radical (unpaired) electrons. The number of fused-ring (bicyclic) bond motifs is 4. The van der Waals surface area contributed by atoms with E-state index in [1.54, 1.807) is 30.3 Å². The van der Waals surface area contributed by atoms with E-state index in [-0.39, 0.29) is 22.9 Å². The van der Waals surface area contributed by atoms with Crippen LogP contribution < -0.4 is 0 Å². The molecule has 3 aromatic heterocycles. The van der Waals surface area contributed by atoms with Gasteiger partial charge in [0.25, 0.3) is 5.69 Å². The first-order chi connectivity index (χ1) is 13.5. The first-order valence-corrected chi connectivity index (χ1v) is 8.42. The summed E-state index contributed by atoms with van der Waals surface area (Å²) in [7, 11) is 0. The molecule has 5 aromatic rings. The number of carbonyl (C=O) groups is 1. The summed E-state index contributed by atoms with van der Waals surface area (Å²) in [6, 6.07) is 11.0. The van der Waals surface area contributed by atoms with Crippen LogP contribution in [0.5, 0.6) is 5.75 Å². The number of phenolic OH excluding ortho intramolecular Hbond substituents is 1. The fourth-order valence-corrected chi connectivity index (χ4v) is 3.52. The molecule has 136 valence electrons. The molecular formula is C20H12N4O4. The number of aromatic nitrogens is 3. The molecule has 2 aromatic carbocycles. The SMILES string of the molecule is O=C(c1c[nH]c2ccc([N+](=O)[O-])cc12)c1nccc2c1[nH]c1ccc(O)cc12. The van der Waals surface area contributed by atoms with Crippen LogP contribution in [0.4, 0.5) is 5.69 Å². The summed E-state index contributed by atoms with van der Waals surface area (Å²) in [5.41, 5.74) is 2.37. The average Bonchev–Trinajstić information content (AvgIpc) is 3.27. The van der Waals surface area contributed by atoms with Crippen molar-refractivity contribution < 1.29 is 14.8 Å². The van der Waals surface area contributed by atoms with Crippen LogP contribution >= 0.6 is 0 Å². The molecule has 28 heavy (non-hydrogen) atoms. The number of rotatable bonds is 3. The van der Waals surface area contributed by atoms with Crippen molar-refractivity contribution in [2.24, 2.45) is 0 Å². The molecule has 0 aliphatic rings. The van der Waals surface area contributed by atoms with Gasteiger partial charge in [0.05, 0.1) is 10.4 Å². The topological polar surface area (TPSA) is 125 Å². The highest BCUT2D eigenvalue weighted by Crippen LogP contribution is 2.31. The van der Waals surface area contributed by atoms with E-state index in [0.29, 0.717) is 22.0 Å². The number of pyridine rings is 1. The van der Waals surface area contributed by atoms with Crippen LogP contribution in [0.15, 0.2) is 54.9 Å². The average molecular weight is 372 g/mol. The lowest BCUT2D eigenvalue weighted by Crippen LogP contribution is -2.04. The summed E-state index contributed by atoms with van der Waals surface area (Å²) < 4.78 is 0. The Labute approximate surface area is 156 Å². The van der Waals surface area contributed by atoms with Gasteiger partial charge in [0.15, 0.2) is 0 Å². The maximum Gasteiger partial charge on any atom is 0.270 e. The standard InChI is InChI=1S/C20H12N4O4/c25-11-2-4-17-14(8-11)12-5-6-21-19(18(12)23-17)20(26)15-9-22-16-3-1-10(24(27)28)7-13(15)16/h1-9,22-23,25H. The quantitative estimate of drug-likeness (QED) is 0.250. The molecular weight excluding hydrogens is 360 g/mol. The zero-order valence-electron chi connectivity index (χ0n) is 14.3. The van der Waals surface area contributed by atoms with E-state index < -0.39 is 4.92 Å². The van der Waals surface area contributed by atoms with Gasteiger partial charge in [-0.15, -0.1) is 0 Å². The van der Waals surface area contributed by atoms with E-state index in [2.05, 4.69) is 15.0 Å². The Morgan fingerprint density at radius 1 is 1.04 bits per heavy atom. The molecule has 8 nitrogen and oxygen atoms in total. The van der Waals surface area contributed by atoms with E-state index >= 15 is 0 Å². The fourth-order valence-electron chi connectivity index (χ4n) is 3.52. The monoisotopic (exact) mass is 372 g/mol. The Hall–Kier alpha value is -4.20. The van der Waals surface area contributed by atoms with Gasteiger partial charge in [0.2, 0.25) is 5.78 Å². The van der Waals surface area contributed by atoms with Crippen LogP contribution in [0, 0.1) is 10.1 Å². The Morgan fingerprint density at radius 2 is 1.86 bits per heavy atom. The lowest BCUT2D eigenvalue weighted by Gasteiger charge is -2.01.